The van der Waals surface area contributed by atoms with Crippen molar-refractivity contribution in [1.29, 1.82) is 0 Å². The average Bonchev–Trinajstić information content (AvgIpc) is 3.20. The molecule has 6 nitrogen and oxygen atoms in total. The van der Waals surface area contributed by atoms with Crippen LogP contribution in [0.5, 0.6) is 0 Å². The Balaban J connectivity index is 1.44. The Bertz CT molecular complexity index is 1500. The molecule has 0 N–H and O–H groups in total. The van der Waals surface area contributed by atoms with Crippen molar-refractivity contribution in [2.75, 3.05) is 19.6 Å². The fourth-order valence-corrected chi connectivity index (χ4v) is 5.72. The Morgan fingerprint density at radius 3 is 2.54 bits per heavy atom. The van der Waals surface area contributed by atoms with Crippen LogP contribution in [0.1, 0.15) is 49.1 Å². The predicted octanol–water partition coefficient (Wildman–Crippen LogP) is 5.30. The van der Waals surface area contributed by atoms with Crippen molar-refractivity contribution in [3.8, 4) is 0 Å². The molecule has 1 saturated heterocycles. The Hall–Kier alpha value is -3.51. The number of hydrogen-bond donors (Lipinski definition) is 0. The number of rotatable bonds is 5. The average molecular weight is 496 g/mol. The lowest BCUT2D eigenvalue weighted by atomic mass is 9.89. The van der Waals surface area contributed by atoms with Crippen LogP contribution in [-0.2, 0) is 20.0 Å². The zero-order valence-electron chi connectivity index (χ0n) is 22.5. The molecule has 5 rings (SSSR count). The summed E-state index contributed by atoms with van der Waals surface area (Å²) >= 11 is 0. The number of allylic oxidation sites excluding steroid dienone is 6. The number of nitrogens with zero attached hydrogens (tertiary/aromatic N) is 5. The standard InChI is InChI=1S/C31H37N5O/c1-6-7-10-25-21(2)13-20-36-28-12-9-8-11-27(28)33-30(36)29(25)24-14-17-35(18-15-24)19-16-26-22(3)32-23(4)34(5)31(26)37/h6-12H,1,13-20H2,2-5H3/b10-7-. The topological polar surface area (TPSA) is 56.0 Å². The van der Waals surface area contributed by atoms with E-state index in [1.165, 1.54) is 27.8 Å². The third-order valence-electron chi connectivity index (χ3n) is 8.02. The number of piperidine rings is 1. The highest BCUT2D eigenvalue weighted by molar-refractivity contribution is 5.88. The SMILES string of the molecule is C=C/C=C\C1=C(C)CCn2c(nc3ccccc32)C1=C1CCN(CCc2c(C)nc(C)n(C)c2=O)CC1. The molecular formula is C31H37N5O. The van der Waals surface area contributed by atoms with Gasteiger partial charge in [-0.15, -0.1) is 0 Å². The number of aromatic nitrogens is 4. The van der Waals surface area contributed by atoms with Gasteiger partial charge in [0.05, 0.1) is 11.0 Å². The number of hydrogen-bond acceptors (Lipinski definition) is 4. The second-order valence-corrected chi connectivity index (χ2v) is 10.3. The van der Waals surface area contributed by atoms with Gasteiger partial charge in [-0.2, -0.15) is 0 Å². The third-order valence-corrected chi connectivity index (χ3v) is 8.02. The van der Waals surface area contributed by atoms with Crippen LogP contribution in [-0.4, -0.2) is 43.6 Å². The summed E-state index contributed by atoms with van der Waals surface area (Å²) in [6, 6.07) is 8.47. The van der Waals surface area contributed by atoms with Gasteiger partial charge in [-0.3, -0.25) is 9.36 Å². The molecule has 6 heteroatoms. The molecule has 0 amide bonds. The first-order valence-electron chi connectivity index (χ1n) is 13.3. The number of benzene rings is 1. The largest absolute Gasteiger partial charge is 0.324 e. The van der Waals surface area contributed by atoms with Gasteiger partial charge in [-0.05, 0) is 64.2 Å². The van der Waals surface area contributed by atoms with E-state index in [4.69, 9.17) is 4.98 Å². The van der Waals surface area contributed by atoms with E-state index < -0.39 is 0 Å². The summed E-state index contributed by atoms with van der Waals surface area (Å²) < 4.78 is 4.07. The number of imidazole rings is 1. The van der Waals surface area contributed by atoms with Gasteiger partial charge < -0.3 is 9.47 Å². The molecule has 0 bridgehead atoms. The Morgan fingerprint density at radius 2 is 1.78 bits per heavy atom. The van der Waals surface area contributed by atoms with Crippen LogP contribution in [0.2, 0.25) is 0 Å². The quantitative estimate of drug-likeness (QED) is 0.451. The van der Waals surface area contributed by atoms with Crippen molar-refractivity contribution >= 4 is 16.6 Å². The summed E-state index contributed by atoms with van der Waals surface area (Å²) in [7, 11) is 1.81. The number of aryl methyl sites for hydroxylation is 3. The molecule has 192 valence electrons. The molecular weight excluding hydrogens is 458 g/mol. The van der Waals surface area contributed by atoms with Crippen LogP contribution >= 0.6 is 0 Å². The zero-order valence-corrected chi connectivity index (χ0v) is 22.5. The van der Waals surface area contributed by atoms with Gasteiger partial charge in [0, 0.05) is 50.1 Å². The predicted molar refractivity (Wildman–Crippen MR) is 152 cm³/mol. The van der Waals surface area contributed by atoms with Crippen molar-refractivity contribution in [2.45, 2.75) is 53.0 Å². The Kier molecular flexibility index (Phi) is 7.11. The van der Waals surface area contributed by atoms with E-state index in [1.807, 2.05) is 26.0 Å². The number of likely N-dealkylation sites (tertiary alicyclic amines) is 1. The number of fused-ring (bicyclic) bond motifs is 3. The first-order valence-corrected chi connectivity index (χ1v) is 13.3. The fraction of sp³-hybridized carbons (Fsp3) is 0.387. The van der Waals surface area contributed by atoms with Crippen LogP contribution in [0.3, 0.4) is 0 Å². The molecule has 1 aromatic carbocycles. The smallest absolute Gasteiger partial charge is 0.256 e. The molecule has 0 atom stereocenters. The molecule has 2 aromatic heterocycles. The maximum Gasteiger partial charge on any atom is 0.256 e. The summed E-state index contributed by atoms with van der Waals surface area (Å²) in [5.74, 6) is 1.86. The molecule has 4 heterocycles. The van der Waals surface area contributed by atoms with Crippen molar-refractivity contribution in [1.82, 2.24) is 24.0 Å². The lowest BCUT2D eigenvalue weighted by Crippen LogP contribution is -2.35. The molecule has 37 heavy (non-hydrogen) atoms. The summed E-state index contributed by atoms with van der Waals surface area (Å²) in [6.07, 6.45) is 9.86. The van der Waals surface area contributed by atoms with Gasteiger partial charge in [-0.25, -0.2) is 9.97 Å². The second-order valence-electron chi connectivity index (χ2n) is 10.3. The minimum absolute atomic E-state index is 0.0847. The van der Waals surface area contributed by atoms with Gasteiger partial charge in [0.2, 0.25) is 0 Å². The monoisotopic (exact) mass is 495 g/mol. The maximum absolute atomic E-state index is 12.8. The molecule has 0 saturated carbocycles. The summed E-state index contributed by atoms with van der Waals surface area (Å²) in [6.45, 7) is 13.8. The van der Waals surface area contributed by atoms with E-state index >= 15 is 0 Å². The van der Waals surface area contributed by atoms with Crippen LogP contribution in [0.15, 0.2) is 70.6 Å². The van der Waals surface area contributed by atoms with Crippen molar-refractivity contribution in [3.05, 3.63) is 99.1 Å². The van der Waals surface area contributed by atoms with Crippen LogP contribution < -0.4 is 5.56 Å². The first kappa shape index (κ1) is 25.2. The van der Waals surface area contributed by atoms with Gasteiger partial charge in [-0.1, -0.05) is 48.1 Å². The van der Waals surface area contributed by atoms with E-state index in [1.54, 1.807) is 11.6 Å². The van der Waals surface area contributed by atoms with Crippen LogP contribution in [0, 0.1) is 13.8 Å². The highest BCUT2D eigenvalue weighted by Gasteiger charge is 2.26. The minimum Gasteiger partial charge on any atom is -0.324 e. The van der Waals surface area contributed by atoms with E-state index in [-0.39, 0.29) is 5.56 Å². The Labute approximate surface area is 219 Å². The molecule has 0 unspecified atom stereocenters. The first-order chi connectivity index (χ1) is 17.9. The summed E-state index contributed by atoms with van der Waals surface area (Å²) in [5.41, 5.74) is 9.52. The highest BCUT2D eigenvalue weighted by atomic mass is 16.1. The van der Waals surface area contributed by atoms with E-state index in [9.17, 15) is 4.79 Å². The third kappa shape index (κ3) is 4.78. The van der Waals surface area contributed by atoms with E-state index in [0.717, 1.165) is 80.3 Å². The van der Waals surface area contributed by atoms with Crippen LogP contribution in [0.4, 0.5) is 0 Å². The highest BCUT2D eigenvalue weighted by Crippen LogP contribution is 2.38. The van der Waals surface area contributed by atoms with Gasteiger partial charge in [0.25, 0.3) is 5.56 Å². The molecule has 2 aliphatic heterocycles. The molecule has 0 aliphatic carbocycles. The molecule has 3 aromatic rings. The van der Waals surface area contributed by atoms with Crippen molar-refractivity contribution < 1.29 is 0 Å². The minimum atomic E-state index is 0.0847. The second kappa shape index (κ2) is 10.5. The summed E-state index contributed by atoms with van der Waals surface area (Å²) in [4.78, 5) is 25.0. The van der Waals surface area contributed by atoms with Crippen molar-refractivity contribution in [3.63, 3.8) is 0 Å². The normalized spacial score (nSPS) is 17.1. The molecule has 0 radical (unpaired) electrons. The summed E-state index contributed by atoms with van der Waals surface area (Å²) in [5, 5.41) is 0. The van der Waals surface area contributed by atoms with E-state index in [0.29, 0.717) is 0 Å². The molecule has 1 fully saturated rings. The zero-order chi connectivity index (χ0) is 26.1. The lowest BCUT2D eigenvalue weighted by Gasteiger charge is -2.30. The Morgan fingerprint density at radius 1 is 1.03 bits per heavy atom. The van der Waals surface area contributed by atoms with Gasteiger partial charge in [0.15, 0.2) is 0 Å². The maximum atomic E-state index is 12.8. The van der Waals surface area contributed by atoms with Gasteiger partial charge >= 0.3 is 0 Å². The number of para-hydroxylation sites is 2. The fourth-order valence-electron chi connectivity index (χ4n) is 5.72. The lowest BCUT2D eigenvalue weighted by molar-refractivity contribution is 0.259. The molecule has 0 spiro atoms. The molecule has 2 aliphatic rings. The van der Waals surface area contributed by atoms with Crippen LogP contribution in [0.25, 0.3) is 16.6 Å². The van der Waals surface area contributed by atoms with Crippen molar-refractivity contribution in [2.24, 2.45) is 7.05 Å². The van der Waals surface area contributed by atoms with E-state index in [2.05, 4.69) is 58.3 Å². The van der Waals surface area contributed by atoms with Gasteiger partial charge in [0.1, 0.15) is 11.6 Å².